The fourth-order valence-electron chi connectivity index (χ4n) is 2.34. The largest absolute Gasteiger partial charge is 0.338 e. The van der Waals surface area contributed by atoms with Gasteiger partial charge in [-0.1, -0.05) is 35.5 Å². The second-order valence-electron chi connectivity index (χ2n) is 5.88. The average molecular weight is 407 g/mol. The van der Waals surface area contributed by atoms with E-state index < -0.39 is 19.9 Å². The summed E-state index contributed by atoms with van der Waals surface area (Å²) in [5.41, 5.74) is 0.759. The number of rotatable bonds is 6. The molecule has 0 amide bonds. The number of aromatic nitrogens is 2. The lowest BCUT2D eigenvalue weighted by atomic mass is 10.2. The predicted octanol–water partition coefficient (Wildman–Crippen LogP) is 1.96. The second-order valence-corrected chi connectivity index (χ2v) is 9.94. The van der Waals surface area contributed by atoms with E-state index in [0.717, 1.165) is 16.1 Å². The number of hydrogen-bond donors (Lipinski definition) is 0. The molecular formula is C17H17N3O5S2. The van der Waals surface area contributed by atoms with Gasteiger partial charge in [-0.05, 0) is 24.3 Å². The number of sulfonamides is 1. The van der Waals surface area contributed by atoms with Gasteiger partial charge in [0.2, 0.25) is 21.7 Å². The number of sulfone groups is 1. The number of nitrogens with zero attached hydrogens (tertiary/aromatic N) is 3. The van der Waals surface area contributed by atoms with Gasteiger partial charge in [-0.15, -0.1) is 0 Å². The predicted molar refractivity (Wildman–Crippen MR) is 97.9 cm³/mol. The van der Waals surface area contributed by atoms with Crippen LogP contribution in [-0.2, 0) is 26.4 Å². The van der Waals surface area contributed by atoms with E-state index in [4.69, 9.17) is 4.52 Å². The zero-order valence-corrected chi connectivity index (χ0v) is 16.2. The van der Waals surface area contributed by atoms with Crippen LogP contribution in [0, 0.1) is 0 Å². The van der Waals surface area contributed by atoms with Gasteiger partial charge in [-0.25, -0.2) is 16.8 Å². The van der Waals surface area contributed by atoms with Crippen LogP contribution in [0.5, 0.6) is 0 Å². The first-order valence-corrected chi connectivity index (χ1v) is 11.2. The zero-order chi connectivity index (χ0) is 19.7. The van der Waals surface area contributed by atoms with Crippen LogP contribution in [0.25, 0.3) is 11.4 Å². The summed E-state index contributed by atoms with van der Waals surface area (Å²) in [6.07, 6.45) is 1.06. The van der Waals surface area contributed by atoms with E-state index in [1.165, 1.54) is 31.3 Å². The molecule has 0 saturated heterocycles. The van der Waals surface area contributed by atoms with Crippen LogP contribution in [0.4, 0.5) is 0 Å². The minimum absolute atomic E-state index is 0.0276. The smallest absolute Gasteiger partial charge is 0.243 e. The first kappa shape index (κ1) is 19.2. The third-order valence-corrected chi connectivity index (χ3v) is 6.76. The zero-order valence-electron chi connectivity index (χ0n) is 14.6. The summed E-state index contributed by atoms with van der Waals surface area (Å²) < 4.78 is 54.5. The molecule has 142 valence electrons. The molecule has 0 N–H and O–H groups in total. The fourth-order valence-corrected chi connectivity index (χ4v) is 4.09. The molecule has 1 heterocycles. The highest BCUT2D eigenvalue weighted by Crippen LogP contribution is 2.20. The number of benzene rings is 2. The molecular weight excluding hydrogens is 390 g/mol. The van der Waals surface area contributed by atoms with E-state index >= 15 is 0 Å². The quantitative estimate of drug-likeness (QED) is 0.614. The molecule has 0 radical (unpaired) electrons. The Bertz CT molecular complexity index is 1140. The van der Waals surface area contributed by atoms with Crippen LogP contribution in [0.1, 0.15) is 5.89 Å². The maximum Gasteiger partial charge on any atom is 0.243 e. The van der Waals surface area contributed by atoms with Gasteiger partial charge in [0.1, 0.15) is 0 Å². The normalized spacial score (nSPS) is 12.4. The van der Waals surface area contributed by atoms with Crippen LogP contribution in [0.3, 0.4) is 0 Å². The van der Waals surface area contributed by atoms with Crippen molar-refractivity contribution in [2.24, 2.45) is 0 Å². The second kappa shape index (κ2) is 7.22. The van der Waals surface area contributed by atoms with Gasteiger partial charge >= 0.3 is 0 Å². The van der Waals surface area contributed by atoms with Gasteiger partial charge in [0.05, 0.1) is 16.3 Å². The summed E-state index contributed by atoms with van der Waals surface area (Å²) in [7, 11) is -5.86. The minimum atomic E-state index is -3.84. The third-order valence-electron chi connectivity index (χ3n) is 3.82. The molecule has 0 unspecified atom stereocenters. The summed E-state index contributed by atoms with van der Waals surface area (Å²) in [6, 6.07) is 14.2. The van der Waals surface area contributed by atoms with E-state index in [2.05, 4.69) is 10.1 Å². The van der Waals surface area contributed by atoms with Crippen molar-refractivity contribution in [2.75, 3.05) is 13.3 Å². The molecule has 0 aliphatic rings. The van der Waals surface area contributed by atoms with Crippen molar-refractivity contribution in [1.82, 2.24) is 14.4 Å². The molecule has 1 aromatic heterocycles. The summed E-state index contributed by atoms with van der Waals surface area (Å²) in [6.45, 7) is -0.115. The van der Waals surface area contributed by atoms with Crippen molar-refractivity contribution >= 4 is 19.9 Å². The summed E-state index contributed by atoms with van der Waals surface area (Å²) in [4.78, 5) is 4.23. The Hall–Kier alpha value is -2.56. The lowest BCUT2D eigenvalue weighted by Crippen LogP contribution is -2.26. The van der Waals surface area contributed by atoms with Crippen LogP contribution in [0.15, 0.2) is 68.9 Å². The van der Waals surface area contributed by atoms with Gasteiger partial charge < -0.3 is 4.52 Å². The standard InChI is InChI=1S/C17H17N3O5S2/c1-20(12-16-18-17(19-25-16)13-6-4-3-5-7-13)27(23,24)15-10-8-14(9-11-15)26(2,21)22/h3-11H,12H2,1-2H3. The minimum Gasteiger partial charge on any atom is -0.338 e. The average Bonchev–Trinajstić information content (AvgIpc) is 3.10. The highest BCUT2D eigenvalue weighted by atomic mass is 32.2. The molecule has 0 aliphatic heterocycles. The summed E-state index contributed by atoms with van der Waals surface area (Å²) in [5, 5.41) is 3.86. The molecule has 0 fully saturated rings. The SMILES string of the molecule is CN(Cc1nc(-c2ccccc2)no1)S(=O)(=O)c1ccc(S(C)(=O)=O)cc1. The first-order chi connectivity index (χ1) is 12.7. The van der Waals surface area contributed by atoms with Gasteiger partial charge in [-0.2, -0.15) is 9.29 Å². The summed E-state index contributed by atoms with van der Waals surface area (Å²) in [5.74, 6) is 0.515. The lowest BCUT2D eigenvalue weighted by Gasteiger charge is -2.15. The number of hydrogen-bond acceptors (Lipinski definition) is 7. The lowest BCUT2D eigenvalue weighted by molar-refractivity contribution is 0.337. The van der Waals surface area contributed by atoms with Crippen molar-refractivity contribution in [3.05, 3.63) is 60.5 Å². The Labute approximate surface area is 157 Å². The molecule has 0 saturated carbocycles. The van der Waals surface area contributed by atoms with Crippen molar-refractivity contribution in [3.63, 3.8) is 0 Å². The Balaban J connectivity index is 1.79. The maximum atomic E-state index is 12.7. The monoisotopic (exact) mass is 407 g/mol. The van der Waals surface area contributed by atoms with Crippen LogP contribution in [-0.4, -0.2) is 44.6 Å². The van der Waals surface area contributed by atoms with Gasteiger partial charge in [0, 0.05) is 18.9 Å². The molecule has 10 heteroatoms. The molecule has 0 atom stereocenters. The molecule has 8 nitrogen and oxygen atoms in total. The topological polar surface area (TPSA) is 110 Å². The first-order valence-electron chi connectivity index (χ1n) is 7.82. The fraction of sp³-hybridized carbons (Fsp3) is 0.176. The molecule has 0 aliphatic carbocycles. The Morgan fingerprint density at radius 2 is 1.52 bits per heavy atom. The molecule has 0 bridgehead atoms. The van der Waals surface area contributed by atoms with E-state index in [9.17, 15) is 16.8 Å². The van der Waals surface area contributed by atoms with E-state index in [1.807, 2.05) is 30.3 Å². The molecule has 27 heavy (non-hydrogen) atoms. The Morgan fingerprint density at radius 1 is 0.926 bits per heavy atom. The van der Waals surface area contributed by atoms with Crippen LogP contribution in [0.2, 0.25) is 0 Å². The van der Waals surface area contributed by atoms with E-state index in [1.54, 1.807) is 0 Å². The highest BCUT2D eigenvalue weighted by molar-refractivity contribution is 7.90. The van der Waals surface area contributed by atoms with Crippen molar-refractivity contribution in [2.45, 2.75) is 16.3 Å². The molecule has 3 rings (SSSR count). The van der Waals surface area contributed by atoms with Gasteiger partial charge in [0.25, 0.3) is 0 Å². The van der Waals surface area contributed by atoms with Gasteiger partial charge in [-0.3, -0.25) is 0 Å². The van der Waals surface area contributed by atoms with Gasteiger partial charge in [0.15, 0.2) is 9.84 Å². The third kappa shape index (κ3) is 4.24. The highest BCUT2D eigenvalue weighted by Gasteiger charge is 2.23. The van der Waals surface area contributed by atoms with E-state index in [-0.39, 0.29) is 22.2 Å². The van der Waals surface area contributed by atoms with Crippen molar-refractivity contribution in [3.8, 4) is 11.4 Å². The Morgan fingerprint density at radius 3 is 2.11 bits per heavy atom. The van der Waals surface area contributed by atoms with Crippen molar-refractivity contribution < 1.29 is 21.4 Å². The van der Waals surface area contributed by atoms with Crippen LogP contribution >= 0.6 is 0 Å². The Kier molecular flexibility index (Phi) is 5.13. The molecule has 3 aromatic rings. The maximum absolute atomic E-state index is 12.7. The molecule has 2 aromatic carbocycles. The van der Waals surface area contributed by atoms with Crippen molar-refractivity contribution in [1.29, 1.82) is 0 Å². The molecule has 0 spiro atoms. The van der Waals surface area contributed by atoms with Crippen LogP contribution < -0.4 is 0 Å². The summed E-state index contributed by atoms with van der Waals surface area (Å²) >= 11 is 0. The van der Waals surface area contributed by atoms with E-state index in [0.29, 0.717) is 5.82 Å².